The molecule has 4 nitrogen and oxygen atoms in total. The fourth-order valence-electron chi connectivity index (χ4n) is 0. The maximum atomic E-state index is 7.33. The van der Waals surface area contributed by atoms with Gasteiger partial charge < -0.3 is 19.2 Å². The van der Waals surface area contributed by atoms with E-state index in [0.29, 0.717) is 0 Å². The predicted octanol–water partition coefficient (Wildman–Crippen LogP) is -2.62. The van der Waals surface area contributed by atoms with Crippen LogP contribution in [0.2, 0.25) is 0 Å². The fourth-order valence-corrected chi connectivity index (χ4v) is 0. The molecule has 0 bridgehead atoms. The Kier molecular flexibility index (Phi) is 25.1. The standard InChI is InChI=1S/H4O4Si.3Zn/c1-5(2,3)4;;;/h1-4H;;;/q;3*+2. The van der Waals surface area contributed by atoms with E-state index in [4.69, 9.17) is 19.2 Å². The minimum absolute atomic E-state index is 0. The summed E-state index contributed by atoms with van der Waals surface area (Å²) in [6.07, 6.45) is 0. The smallest absolute Gasteiger partial charge is 0.368 e. The average molecular weight is 292 g/mol. The van der Waals surface area contributed by atoms with Gasteiger partial charge in [-0.25, -0.2) is 0 Å². The predicted molar refractivity (Wildman–Crippen MR) is 14.6 cm³/mol. The molecule has 0 aromatic rings. The van der Waals surface area contributed by atoms with Crippen LogP contribution >= 0.6 is 0 Å². The second kappa shape index (κ2) is 8.93. The van der Waals surface area contributed by atoms with Crippen molar-refractivity contribution in [2.24, 2.45) is 0 Å². The quantitative estimate of drug-likeness (QED) is 0.369. The van der Waals surface area contributed by atoms with Crippen LogP contribution in [0, 0.1) is 0 Å². The van der Waals surface area contributed by atoms with Crippen LogP contribution in [0.5, 0.6) is 0 Å². The van der Waals surface area contributed by atoms with Gasteiger partial charge in [-0.3, -0.25) is 0 Å². The van der Waals surface area contributed by atoms with Crippen molar-refractivity contribution in [2.45, 2.75) is 0 Å². The molecule has 0 fully saturated rings. The molecule has 0 atom stereocenters. The SMILES string of the molecule is O[Si](O)(O)O.[Zn+2].[Zn+2].[Zn+2]. The zero-order valence-corrected chi connectivity index (χ0v) is 14.3. The number of hydrogen-bond donors (Lipinski definition) is 4. The van der Waals surface area contributed by atoms with Crippen molar-refractivity contribution in [1.29, 1.82) is 0 Å². The Balaban J connectivity index is -0.0000000267. The Morgan fingerprint density at radius 1 is 0.625 bits per heavy atom. The van der Waals surface area contributed by atoms with Gasteiger partial charge in [0.15, 0.2) is 0 Å². The number of rotatable bonds is 0. The molecule has 0 saturated heterocycles. The van der Waals surface area contributed by atoms with E-state index in [1.54, 1.807) is 0 Å². The zero-order valence-electron chi connectivity index (χ0n) is 4.41. The second-order valence-electron chi connectivity index (χ2n) is 0.600. The summed E-state index contributed by atoms with van der Waals surface area (Å²) < 4.78 is 0. The van der Waals surface area contributed by atoms with E-state index < -0.39 is 9.05 Å². The molecule has 0 radical (unpaired) electrons. The summed E-state index contributed by atoms with van der Waals surface area (Å²) in [4.78, 5) is 29.3. The molecule has 0 aliphatic rings. The van der Waals surface area contributed by atoms with Crippen molar-refractivity contribution in [3.05, 3.63) is 0 Å². The molecule has 4 N–H and O–H groups in total. The van der Waals surface area contributed by atoms with Crippen LogP contribution in [0.4, 0.5) is 0 Å². The van der Waals surface area contributed by atoms with Gasteiger partial charge in [0.2, 0.25) is 0 Å². The van der Waals surface area contributed by atoms with Crippen LogP contribution in [-0.4, -0.2) is 28.2 Å². The summed E-state index contributed by atoms with van der Waals surface area (Å²) in [5.41, 5.74) is 0. The zero-order chi connectivity index (χ0) is 4.50. The van der Waals surface area contributed by atoms with Crippen LogP contribution in [0.15, 0.2) is 0 Å². The van der Waals surface area contributed by atoms with Crippen molar-refractivity contribution in [3.8, 4) is 0 Å². The van der Waals surface area contributed by atoms with Crippen molar-refractivity contribution in [3.63, 3.8) is 0 Å². The summed E-state index contributed by atoms with van der Waals surface area (Å²) >= 11 is 0. The molecule has 0 rings (SSSR count). The van der Waals surface area contributed by atoms with Gasteiger partial charge in [0.05, 0.1) is 0 Å². The van der Waals surface area contributed by atoms with E-state index in [2.05, 4.69) is 0 Å². The first kappa shape index (κ1) is 22.5. The van der Waals surface area contributed by atoms with E-state index in [9.17, 15) is 0 Å². The minimum Gasteiger partial charge on any atom is -0.368 e. The Bertz CT molecular complexity index is 26.8. The van der Waals surface area contributed by atoms with Gasteiger partial charge >= 0.3 is 67.5 Å². The summed E-state index contributed by atoms with van der Waals surface area (Å²) in [6.45, 7) is 0. The first-order valence-corrected chi connectivity index (χ1v) is 2.68. The molecule has 0 unspecified atom stereocenters. The van der Waals surface area contributed by atoms with Gasteiger partial charge in [0.1, 0.15) is 0 Å². The largest absolute Gasteiger partial charge is 2.00 e. The molecule has 32 valence electrons. The first-order valence-electron chi connectivity index (χ1n) is 0.894. The van der Waals surface area contributed by atoms with E-state index in [-0.39, 0.29) is 58.4 Å². The second-order valence-corrected chi connectivity index (χ2v) is 1.80. The molecule has 0 aliphatic carbocycles. The van der Waals surface area contributed by atoms with Gasteiger partial charge in [0, 0.05) is 0 Å². The molecule has 0 saturated carbocycles. The summed E-state index contributed by atoms with van der Waals surface area (Å²) in [5, 5.41) is 0. The maximum Gasteiger partial charge on any atom is 2.00 e. The molecule has 0 heterocycles. The Morgan fingerprint density at radius 3 is 0.625 bits per heavy atom. The summed E-state index contributed by atoms with van der Waals surface area (Å²) in [5.74, 6) is 0. The van der Waals surface area contributed by atoms with E-state index in [1.807, 2.05) is 0 Å². The van der Waals surface area contributed by atoms with Crippen LogP contribution in [-0.2, 0) is 58.4 Å². The average Bonchev–Trinajstić information content (AvgIpc) is 0.722. The van der Waals surface area contributed by atoms with Crippen molar-refractivity contribution in [2.75, 3.05) is 0 Å². The Labute approximate surface area is 86.1 Å². The molecular weight excluding hydrogens is 288 g/mol. The minimum atomic E-state index is -4.61. The fraction of sp³-hybridized carbons (Fsp3) is 0. The molecular formula is H4O4SiZn3+6. The van der Waals surface area contributed by atoms with E-state index in [0.717, 1.165) is 0 Å². The Morgan fingerprint density at radius 2 is 0.625 bits per heavy atom. The molecule has 0 spiro atoms. The van der Waals surface area contributed by atoms with Gasteiger partial charge in [-0.05, 0) is 0 Å². The van der Waals surface area contributed by atoms with E-state index >= 15 is 0 Å². The third-order valence-corrected chi connectivity index (χ3v) is 0. The van der Waals surface area contributed by atoms with Gasteiger partial charge in [-0.15, -0.1) is 0 Å². The molecule has 0 aliphatic heterocycles. The normalized spacial score (nSPS) is 7.50. The molecule has 8 heavy (non-hydrogen) atoms. The molecule has 0 aromatic heterocycles. The molecule has 8 heteroatoms. The molecule has 0 aromatic carbocycles. The van der Waals surface area contributed by atoms with Crippen molar-refractivity contribution >= 4 is 9.05 Å². The summed E-state index contributed by atoms with van der Waals surface area (Å²) in [7, 11) is -4.61. The first-order chi connectivity index (χ1) is 2.00. The van der Waals surface area contributed by atoms with Crippen LogP contribution in [0.25, 0.3) is 0 Å². The Hall–Kier alpha value is 1.93. The van der Waals surface area contributed by atoms with Gasteiger partial charge in [-0.1, -0.05) is 0 Å². The number of hydrogen-bond acceptors (Lipinski definition) is 4. The van der Waals surface area contributed by atoms with Crippen molar-refractivity contribution in [1.82, 2.24) is 0 Å². The third kappa shape index (κ3) is 102. The maximum absolute atomic E-state index is 7.33. The molecule has 0 amide bonds. The van der Waals surface area contributed by atoms with Crippen LogP contribution < -0.4 is 0 Å². The van der Waals surface area contributed by atoms with Crippen LogP contribution in [0.1, 0.15) is 0 Å². The van der Waals surface area contributed by atoms with Crippen molar-refractivity contribution < 1.29 is 77.6 Å². The summed E-state index contributed by atoms with van der Waals surface area (Å²) in [6, 6.07) is 0. The van der Waals surface area contributed by atoms with Gasteiger partial charge in [-0.2, -0.15) is 0 Å². The monoisotopic (exact) mass is 288 g/mol. The third-order valence-electron chi connectivity index (χ3n) is 0. The topological polar surface area (TPSA) is 80.9 Å². The van der Waals surface area contributed by atoms with E-state index in [1.165, 1.54) is 0 Å². The van der Waals surface area contributed by atoms with Gasteiger partial charge in [0.25, 0.3) is 0 Å². The van der Waals surface area contributed by atoms with Crippen LogP contribution in [0.3, 0.4) is 0 Å².